The first-order valence-electron chi connectivity index (χ1n) is 4.06. The number of cyclic esters (lactones) is 1. The lowest BCUT2D eigenvalue weighted by atomic mass is 10.5. The van der Waals surface area contributed by atoms with Crippen molar-refractivity contribution in [2.75, 3.05) is 12.3 Å². The number of nitrogens with zero attached hydrogens (tertiary/aromatic N) is 1. The highest BCUT2D eigenvalue weighted by Gasteiger charge is 2.34. The highest BCUT2D eigenvalue weighted by Crippen LogP contribution is 2.19. The van der Waals surface area contributed by atoms with Crippen LogP contribution in [0.5, 0.6) is 0 Å². The molecule has 2 amide bonds. The summed E-state index contributed by atoms with van der Waals surface area (Å²) >= 11 is 1.44. The van der Waals surface area contributed by atoms with Gasteiger partial charge < -0.3 is 4.74 Å². The first-order valence-corrected chi connectivity index (χ1v) is 5.11. The van der Waals surface area contributed by atoms with Gasteiger partial charge in [0.15, 0.2) is 0 Å². The molecule has 0 spiro atoms. The second-order valence-electron chi connectivity index (χ2n) is 2.35. The van der Waals surface area contributed by atoms with Gasteiger partial charge in [0, 0.05) is 12.0 Å². The number of carbonyl (C=O) groups excluding carboxylic acids is 2. The van der Waals surface area contributed by atoms with Gasteiger partial charge in [0.2, 0.25) is 5.76 Å². The Morgan fingerprint density at radius 2 is 2.15 bits per heavy atom. The van der Waals surface area contributed by atoms with E-state index in [1.54, 1.807) is 12.3 Å². The van der Waals surface area contributed by atoms with E-state index in [1.807, 2.05) is 6.92 Å². The molecule has 0 aliphatic carbocycles. The molecule has 13 heavy (non-hydrogen) atoms. The zero-order chi connectivity index (χ0) is 9.84. The van der Waals surface area contributed by atoms with Crippen molar-refractivity contribution in [1.82, 2.24) is 4.90 Å². The van der Waals surface area contributed by atoms with E-state index in [0.717, 1.165) is 10.7 Å². The zero-order valence-electron chi connectivity index (χ0n) is 7.57. The van der Waals surface area contributed by atoms with Crippen molar-refractivity contribution in [3.05, 3.63) is 11.2 Å². The van der Waals surface area contributed by atoms with Gasteiger partial charge in [-0.15, -0.1) is 11.8 Å². The average Bonchev–Trinajstić information content (AvgIpc) is 2.38. The maximum Gasteiger partial charge on any atom is 0.422 e. The quantitative estimate of drug-likeness (QED) is 0.650. The van der Waals surface area contributed by atoms with Crippen LogP contribution in [0.3, 0.4) is 0 Å². The topological polar surface area (TPSA) is 46.6 Å². The van der Waals surface area contributed by atoms with Gasteiger partial charge in [-0.05, 0) is 12.7 Å². The lowest BCUT2D eigenvalue weighted by Crippen LogP contribution is -2.28. The molecule has 0 bridgehead atoms. The van der Waals surface area contributed by atoms with Crippen molar-refractivity contribution in [1.29, 1.82) is 0 Å². The number of hydrogen-bond acceptors (Lipinski definition) is 4. The molecule has 4 nitrogen and oxygen atoms in total. The molecule has 1 saturated heterocycles. The van der Waals surface area contributed by atoms with Gasteiger partial charge in [0.05, 0.1) is 0 Å². The molecule has 0 radical (unpaired) electrons. The van der Waals surface area contributed by atoms with E-state index in [4.69, 9.17) is 4.74 Å². The summed E-state index contributed by atoms with van der Waals surface area (Å²) in [6, 6.07) is 0. The van der Waals surface area contributed by atoms with Crippen molar-refractivity contribution < 1.29 is 14.3 Å². The van der Waals surface area contributed by atoms with Crippen molar-refractivity contribution in [3.8, 4) is 0 Å². The molecule has 1 heterocycles. The Kier molecular flexibility index (Phi) is 3.36. The number of ether oxygens (including phenoxy) is 1. The summed E-state index contributed by atoms with van der Waals surface area (Å²) in [6.45, 7) is 4.04. The molecule has 0 aromatic rings. The predicted molar refractivity (Wildman–Crippen MR) is 50.1 cm³/mol. The second-order valence-corrected chi connectivity index (χ2v) is 3.50. The Morgan fingerprint density at radius 1 is 1.46 bits per heavy atom. The van der Waals surface area contributed by atoms with Crippen molar-refractivity contribution in [2.24, 2.45) is 0 Å². The fraction of sp³-hybridized carbons (Fsp3) is 0.500. The molecule has 5 heteroatoms. The summed E-state index contributed by atoms with van der Waals surface area (Å²) in [5.41, 5.74) is 0. The van der Waals surface area contributed by atoms with Crippen LogP contribution in [-0.4, -0.2) is 29.2 Å². The highest BCUT2D eigenvalue weighted by atomic mass is 32.2. The molecule has 1 rings (SSSR count). The first kappa shape index (κ1) is 10.1. The fourth-order valence-electron chi connectivity index (χ4n) is 0.915. The standard InChI is InChI=1S/C8H11NO3S/c1-3-9-7(10)6(5-13-4-2)12-8(9)11/h5H,3-4H2,1-2H3. The van der Waals surface area contributed by atoms with Crippen LogP contribution < -0.4 is 0 Å². The lowest BCUT2D eigenvalue weighted by molar-refractivity contribution is -0.123. The molecule has 1 aliphatic heterocycles. The maximum atomic E-state index is 11.4. The van der Waals surface area contributed by atoms with E-state index in [0.29, 0.717) is 6.54 Å². The number of amides is 2. The Bertz CT molecular complexity index is 262. The molecule has 0 aromatic heterocycles. The molecule has 72 valence electrons. The van der Waals surface area contributed by atoms with Gasteiger partial charge in [0.25, 0.3) is 5.91 Å². The SMILES string of the molecule is CCSC=C1OC(=O)N(CC)C1=O. The van der Waals surface area contributed by atoms with Crippen LogP contribution >= 0.6 is 11.8 Å². The molecular formula is C8H11NO3S. The Labute approximate surface area is 80.9 Å². The van der Waals surface area contributed by atoms with Crippen molar-refractivity contribution >= 4 is 23.8 Å². The Hall–Kier alpha value is -0.970. The summed E-state index contributed by atoms with van der Waals surface area (Å²) in [4.78, 5) is 23.4. The average molecular weight is 201 g/mol. The summed E-state index contributed by atoms with van der Waals surface area (Å²) < 4.78 is 4.76. The molecule has 1 fully saturated rings. The van der Waals surface area contributed by atoms with Gasteiger partial charge in [-0.2, -0.15) is 0 Å². The third-order valence-corrected chi connectivity index (χ3v) is 2.26. The third kappa shape index (κ3) is 2.03. The molecule has 0 saturated carbocycles. The minimum atomic E-state index is -0.574. The molecule has 1 aliphatic rings. The van der Waals surface area contributed by atoms with Crippen molar-refractivity contribution in [2.45, 2.75) is 13.8 Å². The Balaban J connectivity index is 2.72. The summed E-state index contributed by atoms with van der Waals surface area (Å²) in [7, 11) is 0. The van der Waals surface area contributed by atoms with Crippen molar-refractivity contribution in [3.63, 3.8) is 0 Å². The summed E-state index contributed by atoms with van der Waals surface area (Å²) in [5.74, 6) is 0.646. The van der Waals surface area contributed by atoms with Gasteiger partial charge in [0.1, 0.15) is 0 Å². The molecular weight excluding hydrogens is 190 g/mol. The minimum absolute atomic E-state index is 0.138. The van der Waals surface area contributed by atoms with E-state index in [9.17, 15) is 9.59 Å². The predicted octanol–water partition coefficient (Wildman–Crippen LogP) is 1.58. The second kappa shape index (κ2) is 4.32. The minimum Gasteiger partial charge on any atom is -0.403 e. The van der Waals surface area contributed by atoms with Crippen LogP contribution in [0.15, 0.2) is 11.2 Å². The van der Waals surface area contributed by atoms with Gasteiger partial charge in [-0.25, -0.2) is 9.69 Å². The van der Waals surface area contributed by atoms with Crippen LogP contribution in [0.2, 0.25) is 0 Å². The fourth-order valence-corrected chi connectivity index (χ4v) is 1.38. The van der Waals surface area contributed by atoms with Crippen LogP contribution in [0, 0.1) is 0 Å². The number of rotatable bonds is 3. The van der Waals surface area contributed by atoms with Crippen LogP contribution in [0.1, 0.15) is 13.8 Å². The molecule has 0 aromatic carbocycles. The van der Waals surface area contributed by atoms with E-state index in [2.05, 4.69) is 0 Å². The number of likely N-dealkylation sites (N-methyl/N-ethyl adjacent to an activating group) is 1. The summed E-state index contributed by atoms with van der Waals surface area (Å²) in [6.07, 6.45) is -0.574. The number of imide groups is 1. The lowest BCUT2D eigenvalue weighted by Gasteiger charge is -2.03. The van der Waals surface area contributed by atoms with Crippen LogP contribution in [0.25, 0.3) is 0 Å². The smallest absolute Gasteiger partial charge is 0.403 e. The van der Waals surface area contributed by atoms with Crippen LogP contribution in [0.4, 0.5) is 4.79 Å². The number of carbonyl (C=O) groups is 2. The zero-order valence-corrected chi connectivity index (χ0v) is 8.39. The van der Waals surface area contributed by atoms with Crippen LogP contribution in [-0.2, 0) is 9.53 Å². The van der Waals surface area contributed by atoms with Gasteiger partial charge in [-0.1, -0.05) is 6.92 Å². The Morgan fingerprint density at radius 3 is 2.62 bits per heavy atom. The highest BCUT2D eigenvalue weighted by molar-refractivity contribution is 8.02. The molecule has 0 N–H and O–H groups in total. The maximum absolute atomic E-state index is 11.4. The summed E-state index contributed by atoms with van der Waals surface area (Å²) in [5, 5.41) is 1.58. The van der Waals surface area contributed by atoms with E-state index >= 15 is 0 Å². The first-order chi connectivity index (χ1) is 6.20. The molecule has 0 atom stereocenters. The van der Waals surface area contributed by atoms with E-state index in [1.165, 1.54) is 11.8 Å². The van der Waals surface area contributed by atoms with E-state index in [-0.39, 0.29) is 11.7 Å². The largest absolute Gasteiger partial charge is 0.422 e. The normalized spacial score (nSPS) is 19.8. The van der Waals surface area contributed by atoms with Gasteiger partial charge >= 0.3 is 6.09 Å². The van der Waals surface area contributed by atoms with Gasteiger partial charge in [-0.3, -0.25) is 4.79 Å². The third-order valence-electron chi connectivity index (χ3n) is 1.55. The number of thioether (sulfide) groups is 1. The molecule has 0 unspecified atom stereocenters. The van der Waals surface area contributed by atoms with E-state index < -0.39 is 6.09 Å². The monoisotopic (exact) mass is 201 g/mol. The number of hydrogen-bond donors (Lipinski definition) is 0.